The molecule has 0 fully saturated rings. The van der Waals surface area contributed by atoms with Crippen molar-refractivity contribution in [2.24, 2.45) is 11.3 Å². The molecule has 1 aromatic heterocycles. The zero-order valence-electron chi connectivity index (χ0n) is 18.2. The number of aromatic carboxylic acids is 1. The van der Waals surface area contributed by atoms with E-state index in [9.17, 15) is 9.90 Å². The number of hydrogen-bond acceptors (Lipinski definition) is 2. The molecule has 1 atom stereocenters. The lowest BCUT2D eigenvalue weighted by atomic mass is 9.67. The van der Waals surface area contributed by atoms with Gasteiger partial charge in [-0.3, -0.25) is 0 Å². The van der Waals surface area contributed by atoms with Crippen LogP contribution in [0.25, 0.3) is 22.6 Å². The number of aryl methyl sites for hydroxylation is 1. The SMILES string of the molecule is CCC(C)(C)C1CC(=Cc2cccc(C)c2)c2nc3ccccc3c(C(=O)O)c2C1. The molecule has 3 nitrogen and oxygen atoms in total. The van der Waals surface area contributed by atoms with Crippen LogP contribution in [0.1, 0.15) is 66.4 Å². The highest BCUT2D eigenvalue weighted by molar-refractivity contribution is 6.06. The van der Waals surface area contributed by atoms with Crippen molar-refractivity contribution in [3.8, 4) is 0 Å². The third kappa shape index (κ3) is 3.65. The van der Waals surface area contributed by atoms with Crippen LogP contribution in [-0.2, 0) is 6.42 Å². The highest BCUT2D eigenvalue weighted by atomic mass is 16.4. The molecular weight excluding hydrogens is 370 g/mol. The Morgan fingerprint density at radius 2 is 1.93 bits per heavy atom. The molecule has 1 unspecified atom stereocenters. The zero-order chi connectivity index (χ0) is 21.5. The normalized spacial score (nSPS) is 17.9. The van der Waals surface area contributed by atoms with E-state index in [1.54, 1.807) is 0 Å². The Kier molecular flexibility index (Phi) is 5.23. The summed E-state index contributed by atoms with van der Waals surface area (Å²) in [5, 5.41) is 10.9. The molecule has 1 aliphatic rings. The largest absolute Gasteiger partial charge is 0.478 e. The average molecular weight is 400 g/mol. The van der Waals surface area contributed by atoms with Crippen molar-refractivity contribution in [3.05, 3.63) is 76.5 Å². The number of carboxylic acid groups (broad SMARTS) is 1. The summed E-state index contributed by atoms with van der Waals surface area (Å²) >= 11 is 0. The van der Waals surface area contributed by atoms with Gasteiger partial charge in [-0.25, -0.2) is 9.78 Å². The molecule has 3 heteroatoms. The summed E-state index contributed by atoms with van der Waals surface area (Å²) < 4.78 is 0. The Hall–Kier alpha value is -2.94. The molecule has 30 heavy (non-hydrogen) atoms. The summed E-state index contributed by atoms with van der Waals surface area (Å²) in [6, 6.07) is 16.0. The summed E-state index contributed by atoms with van der Waals surface area (Å²) in [6.45, 7) is 8.90. The van der Waals surface area contributed by atoms with Gasteiger partial charge < -0.3 is 5.11 Å². The molecule has 1 aliphatic carbocycles. The van der Waals surface area contributed by atoms with Gasteiger partial charge in [0, 0.05) is 5.39 Å². The fourth-order valence-corrected chi connectivity index (χ4v) is 4.57. The number of hydrogen-bond donors (Lipinski definition) is 1. The van der Waals surface area contributed by atoms with Crippen LogP contribution in [0.4, 0.5) is 0 Å². The van der Waals surface area contributed by atoms with Gasteiger partial charge in [0.25, 0.3) is 0 Å². The van der Waals surface area contributed by atoms with E-state index in [0.29, 0.717) is 11.5 Å². The van der Waals surface area contributed by atoms with Gasteiger partial charge in [0.15, 0.2) is 0 Å². The lowest BCUT2D eigenvalue weighted by Gasteiger charge is -2.38. The number of carboxylic acids is 1. The first kappa shape index (κ1) is 20.3. The highest BCUT2D eigenvalue weighted by Gasteiger charge is 2.36. The summed E-state index contributed by atoms with van der Waals surface area (Å²) in [4.78, 5) is 17.3. The number of aromatic nitrogens is 1. The van der Waals surface area contributed by atoms with Gasteiger partial charge in [-0.2, -0.15) is 0 Å². The summed E-state index contributed by atoms with van der Waals surface area (Å²) in [5.41, 5.74) is 6.51. The second-order valence-corrected chi connectivity index (χ2v) is 9.17. The number of pyridine rings is 1. The van der Waals surface area contributed by atoms with E-state index in [0.717, 1.165) is 52.6 Å². The fraction of sp³-hybridized carbons (Fsp3) is 0.333. The second kappa shape index (κ2) is 7.71. The van der Waals surface area contributed by atoms with Crippen molar-refractivity contribution in [3.63, 3.8) is 0 Å². The van der Waals surface area contributed by atoms with Crippen LogP contribution in [0.15, 0.2) is 48.5 Å². The molecule has 0 saturated carbocycles. The van der Waals surface area contributed by atoms with E-state index in [-0.39, 0.29) is 5.41 Å². The predicted molar refractivity (Wildman–Crippen MR) is 124 cm³/mol. The molecule has 0 radical (unpaired) electrons. The smallest absolute Gasteiger partial charge is 0.336 e. The Bertz CT molecular complexity index is 1160. The average Bonchev–Trinajstić information content (AvgIpc) is 2.71. The van der Waals surface area contributed by atoms with Gasteiger partial charge >= 0.3 is 5.97 Å². The highest BCUT2D eigenvalue weighted by Crippen LogP contribution is 2.46. The van der Waals surface area contributed by atoms with E-state index >= 15 is 0 Å². The predicted octanol–water partition coefficient (Wildman–Crippen LogP) is 6.78. The van der Waals surface area contributed by atoms with Crippen molar-refractivity contribution in [2.75, 3.05) is 0 Å². The van der Waals surface area contributed by atoms with Gasteiger partial charge in [0.1, 0.15) is 0 Å². The van der Waals surface area contributed by atoms with Gasteiger partial charge in [-0.15, -0.1) is 0 Å². The first-order valence-electron chi connectivity index (χ1n) is 10.7. The minimum atomic E-state index is -0.866. The Morgan fingerprint density at radius 3 is 2.63 bits per heavy atom. The van der Waals surface area contributed by atoms with Crippen LogP contribution >= 0.6 is 0 Å². The third-order valence-corrected chi connectivity index (χ3v) is 6.83. The van der Waals surface area contributed by atoms with Crippen LogP contribution in [0.2, 0.25) is 0 Å². The Labute approximate surface area is 178 Å². The summed E-state index contributed by atoms with van der Waals surface area (Å²) in [6.07, 6.45) is 4.91. The van der Waals surface area contributed by atoms with Gasteiger partial charge in [0.05, 0.1) is 16.8 Å². The summed E-state index contributed by atoms with van der Waals surface area (Å²) in [5.74, 6) is -0.498. The van der Waals surface area contributed by atoms with Gasteiger partial charge in [0.2, 0.25) is 0 Å². The maximum Gasteiger partial charge on any atom is 0.336 e. The molecule has 154 valence electrons. The molecule has 3 aromatic rings. The number of allylic oxidation sites excluding steroid dienone is 1. The number of benzene rings is 2. The third-order valence-electron chi connectivity index (χ3n) is 6.83. The van der Waals surface area contributed by atoms with Crippen LogP contribution in [-0.4, -0.2) is 16.1 Å². The van der Waals surface area contributed by atoms with E-state index in [2.05, 4.69) is 58.0 Å². The Morgan fingerprint density at radius 1 is 1.17 bits per heavy atom. The number of fused-ring (bicyclic) bond motifs is 2. The van der Waals surface area contributed by atoms with E-state index in [1.807, 2.05) is 24.3 Å². The number of carbonyl (C=O) groups is 1. The summed E-state index contributed by atoms with van der Waals surface area (Å²) in [7, 11) is 0. The lowest BCUT2D eigenvalue weighted by Crippen LogP contribution is -2.30. The van der Waals surface area contributed by atoms with Crippen molar-refractivity contribution >= 4 is 28.5 Å². The molecule has 2 aromatic carbocycles. The first-order valence-corrected chi connectivity index (χ1v) is 10.7. The zero-order valence-corrected chi connectivity index (χ0v) is 18.2. The standard InChI is InChI=1S/C27H29NO2/c1-5-27(3,4)20-15-19(14-18-10-8-9-17(2)13-18)25-22(16-20)24(26(29)30)21-11-6-7-12-23(21)28-25/h6-14,20H,5,15-16H2,1-4H3,(H,29,30). The molecule has 0 amide bonds. The van der Waals surface area contributed by atoms with Crippen LogP contribution < -0.4 is 0 Å². The van der Waals surface area contributed by atoms with Crippen LogP contribution in [0.3, 0.4) is 0 Å². The molecule has 0 saturated heterocycles. The molecule has 0 bridgehead atoms. The first-order chi connectivity index (χ1) is 14.3. The van der Waals surface area contributed by atoms with E-state index in [4.69, 9.17) is 4.98 Å². The van der Waals surface area contributed by atoms with Crippen molar-refractivity contribution in [2.45, 2.75) is 47.0 Å². The maximum atomic E-state index is 12.4. The van der Waals surface area contributed by atoms with Crippen molar-refractivity contribution in [1.82, 2.24) is 4.98 Å². The lowest BCUT2D eigenvalue weighted by molar-refractivity contribution is 0.0696. The monoisotopic (exact) mass is 399 g/mol. The topological polar surface area (TPSA) is 50.2 Å². The quantitative estimate of drug-likeness (QED) is 0.526. The van der Waals surface area contributed by atoms with Crippen LogP contribution in [0.5, 0.6) is 0 Å². The van der Waals surface area contributed by atoms with E-state index in [1.165, 1.54) is 5.56 Å². The molecule has 1 heterocycles. The molecular formula is C27H29NO2. The van der Waals surface area contributed by atoms with Gasteiger partial charge in [-0.05, 0) is 59.9 Å². The molecule has 0 aliphatic heterocycles. The number of nitrogens with zero attached hydrogens (tertiary/aromatic N) is 1. The maximum absolute atomic E-state index is 12.4. The van der Waals surface area contributed by atoms with Crippen molar-refractivity contribution in [1.29, 1.82) is 0 Å². The van der Waals surface area contributed by atoms with Crippen molar-refractivity contribution < 1.29 is 9.90 Å². The van der Waals surface area contributed by atoms with E-state index < -0.39 is 5.97 Å². The minimum absolute atomic E-state index is 0.116. The Balaban J connectivity index is 2.00. The number of para-hydroxylation sites is 1. The molecule has 0 spiro atoms. The van der Waals surface area contributed by atoms with Crippen LogP contribution in [0, 0.1) is 18.3 Å². The molecule has 4 rings (SSSR count). The molecule has 1 N–H and O–H groups in total. The van der Waals surface area contributed by atoms with Gasteiger partial charge in [-0.1, -0.05) is 75.2 Å². The fourth-order valence-electron chi connectivity index (χ4n) is 4.57. The second-order valence-electron chi connectivity index (χ2n) is 9.17. The number of rotatable bonds is 4. The minimum Gasteiger partial charge on any atom is -0.478 e.